The van der Waals surface area contributed by atoms with Gasteiger partial charge in [-0.2, -0.15) is 0 Å². The molecule has 3 rings (SSSR count). The van der Waals surface area contributed by atoms with Crippen molar-refractivity contribution >= 4 is 27.5 Å². The van der Waals surface area contributed by atoms with E-state index in [0.717, 1.165) is 6.42 Å². The van der Waals surface area contributed by atoms with Crippen LogP contribution in [0.2, 0.25) is 0 Å². The normalized spacial score (nSPS) is 22.5. The molecular formula is C19H27N3O6S. The van der Waals surface area contributed by atoms with Crippen molar-refractivity contribution in [3.8, 4) is 0 Å². The SMILES string of the molecule is COCCN1CC(O)CN(C(=O)c2cccc(N3CCCCS3(=O)=O)c2)CC1=O. The number of hydrogen-bond acceptors (Lipinski definition) is 6. The summed E-state index contributed by atoms with van der Waals surface area (Å²) in [5.41, 5.74) is 0.729. The van der Waals surface area contributed by atoms with E-state index in [0.29, 0.717) is 31.8 Å². The van der Waals surface area contributed by atoms with Gasteiger partial charge >= 0.3 is 0 Å². The predicted octanol–water partition coefficient (Wildman–Crippen LogP) is -0.0917. The highest BCUT2D eigenvalue weighted by Crippen LogP contribution is 2.25. The van der Waals surface area contributed by atoms with Gasteiger partial charge in [-0.05, 0) is 31.0 Å². The lowest BCUT2D eigenvalue weighted by atomic mass is 10.1. The lowest BCUT2D eigenvalue weighted by molar-refractivity contribution is -0.131. The van der Waals surface area contributed by atoms with E-state index in [1.807, 2.05) is 0 Å². The van der Waals surface area contributed by atoms with Gasteiger partial charge in [-0.25, -0.2) is 8.42 Å². The van der Waals surface area contributed by atoms with Crippen molar-refractivity contribution in [2.45, 2.75) is 18.9 Å². The van der Waals surface area contributed by atoms with Gasteiger partial charge in [0, 0.05) is 38.9 Å². The zero-order valence-corrected chi connectivity index (χ0v) is 17.3. The summed E-state index contributed by atoms with van der Waals surface area (Å²) in [7, 11) is -1.86. The average molecular weight is 426 g/mol. The largest absolute Gasteiger partial charge is 0.389 e. The van der Waals surface area contributed by atoms with Crippen molar-refractivity contribution in [3.05, 3.63) is 29.8 Å². The number of carbonyl (C=O) groups is 2. The van der Waals surface area contributed by atoms with E-state index in [2.05, 4.69) is 0 Å². The van der Waals surface area contributed by atoms with Crippen LogP contribution in [-0.2, 0) is 19.6 Å². The number of aliphatic hydroxyl groups is 1. The third-order valence-corrected chi connectivity index (χ3v) is 6.99. The summed E-state index contributed by atoms with van der Waals surface area (Å²) in [5.74, 6) is -0.584. The number of methoxy groups -OCH3 is 1. The Balaban J connectivity index is 1.79. The maximum atomic E-state index is 13.0. The minimum absolute atomic E-state index is 0.0281. The summed E-state index contributed by atoms with van der Waals surface area (Å²) >= 11 is 0. The van der Waals surface area contributed by atoms with Crippen LogP contribution in [0.25, 0.3) is 0 Å². The molecule has 1 aromatic rings. The number of benzene rings is 1. The molecule has 1 unspecified atom stereocenters. The molecule has 0 spiro atoms. The summed E-state index contributed by atoms with van der Waals surface area (Å²) < 4.78 is 31.0. The van der Waals surface area contributed by atoms with Crippen LogP contribution < -0.4 is 4.31 Å². The highest BCUT2D eigenvalue weighted by Gasteiger charge is 2.31. The molecule has 29 heavy (non-hydrogen) atoms. The third kappa shape index (κ3) is 5.06. The van der Waals surface area contributed by atoms with E-state index in [1.165, 1.54) is 27.3 Å². The fourth-order valence-electron chi connectivity index (χ4n) is 3.62. The molecule has 0 aromatic heterocycles. The molecule has 0 aliphatic carbocycles. The Hall–Kier alpha value is -2.17. The molecule has 0 radical (unpaired) electrons. The number of carbonyl (C=O) groups excluding carboxylic acids is 2. The monoisotopic (exact) mass is 425 g/mol. The van der Waals surface area contributed by atoms with E-state index < -0.39 is 22.0 Å². The first-order valence-electron chi connectivity index (χ1n) is 9.66. The Morgan fingerprint density at radius 1 is 1.28 bits per heavy atom. The number of hydrogen-bond donors (Lipinski definition) is 1. The standard InChI is InChI=1S/C19H27N3O6S/c1-28-9-8-20-12-17(23)13-21(14-18(20)24)19(25)15-5-4-6-16(11-15)22-7-2-3-10-29(22,26)27/h4-6,11,17,23H,2-3,7-10,12-14H2,1H3. The van der Waals surface area contributed by atoms with Crippen molar-refractivity contribution in [2.75, 3.05) is 56.5 Å². The molecule has 1 atom stereocenters. The number of anilines is 1. The van der Waals surface area contributed by atoms with Crippen molar-refractivity contribution in [1.29, 1.82) is 0 Å². The topological polar surface area (TPSA) is 107 Å². The first-order chi connectivity index (χ1) is 13.8. The molecule has 2 fully saturated rings. The van der Waals surface area contributed by atoms with Crippen LogP contribution in [0.15, 0.2) is 24.3 Å². The molecule has 0 bridgehead atoms. The molecular weight excluding hydrogens is 398 g/mol. The Labute approximate surface area is 170 Å². The molecule has 2 saturated heterocycles. The zero-order valence-electron chi connectivity index (χ0n) is 16.5. The van der Waals surface area contributed by atoms with Gasteiger partial charge in [0.05, 0.1) is 24.2 Å². The van der Waals surface area contributed by atoms with Crippen LogP contribution in [-0.4, -0.2) is 93.4 Å². The van der Waals surface area contributed by atoms with Crippen LogP contribution in [0.4, 0.5) is 5.69 Å². The van der Waals surface area contributed by atoms with Crippen molar-refractivity contribution in [2.24, 2.45) is 0 Å². The van der Waals surface area contributed by atoms with E-state index >= 15 is 0 Å². The maximum absolute atomic E-state index is 13.0. The second kappa shape index (κ2) is 9.10. The molecule has 2 aliphatic rings. The number of aliphatic hydroxyl groups excluding tert-OH is 1. The molecule has 2 aliphatic heterocycles. The number of nitrogens with zero attached hydrogens (tertiary/aromatic N) is 3. The van der Waals surface area contributed by atoms with E-state index in [1.54, 1.807) is 18.2 Å². The van der Waals surface area contributed by atoms with Crippen LogP contribution in [0.3, 0.4) is 0 Å². The summed E-state index contributed by atoms with van der Waals surface area (Å²) in [5, 5.41) is 10.3. The Kier molecular flexibility index (Phi) is 6.76. The van der Waals surface area contributed by atoms with Gasteiger partial charge in [0.2, 0.25) is 15.9 Å². The Morgan fingerprint density at radius 2 is 2.07 bits per heavy atom. The fourth-order valence-corrected chi connectivity index (χ4v) is 5.26. The van der Waals surface area contributed by atoms with Gasteiger partial charge in [-0.3, -0.25) is 13.9 Å². The zero-order chi connectivity index (χ0) is 21.0. The molecule has 1 N–H and O–H groups in total. The van der Waals surface area contributed by atoms with Crippen molar-refractivity contribution < 1.29 is 27.9 Å². The lowest BCUT2D eigenvalue weighted by Gasteiger charge is -2.29. The average Bonchev–Trinajstić information content (AvgIpc) is 2.83. The minimum Gasteiger partial charge on any atom is -0.389 e. The maximum Gasteiger partial charge on any atom is 0.254 e. The highest BCUT2D eigenvalue weighted by molar-refractivity contribution is 7.92. The second-order valence-corrected chi connectivity index (χ2v) is 9.33. The van der Waals surface area contributed by atoms with Gasteiger partial charge in [0.15, 0.2) is 0 Å². The first kappa shape index (κ1) is 21.5. The molecule has 9 nitrogen and oxygen atoms in total. The number of β-amino-alcohol motifs (C(OH)–C–C–N with tert-alkyl or cyclic N) is 1. The summed E-state index contributed by atoms with van der Waals surface area (Å²) in [6, 6.07) is 6.42. The van der Waals surface area contributed by atoms with Gasteiger partial charge in [0.25, 0.3) is 5.91 Å². The second-order valence-electron chi connectivity index (χ2n) is 7.32. The molecule has 2 amide bonds. The molecule has 1 aromatic carbocycles. The van der Waals surface area contributed by atoms with Crippen molar-refractivity contribution in [1.82, 2.24) is 9.80 Å². The molecule has 160 valence electrons. The van der Waals surface area contributed by atoms with Gasteiger partial charge < -0.3 is 19.6 Å². The number of amides is 2. The van der Waals surface area contributed by atoms with Gasteiger partial charge in [-0.1, -0.05) is 6.07 Å². The van der Waals surface area contributed by atoms with E-state index in [-0.39, 0.29) is 36.9 Å². The Morgan fingerprint density at radius 3 is 2.79 bits per heavy atom. The summed E-state index contributed by atoms with van der Waals surface area (Å²) in [4.78, 5) is 28.3. The van der Waals surface area contributed by atoms with E-state index in [4.69, 9.17) is 4.74 Å². The molecule has 10 heteroatoms. The summed E-state index contributed by atoms with van der Waals surface area (Å²) in [6.07, 6.45) is 0.527. The van der Waals surface area contributed by atoms with Gasteiger partial charge in [-0.15, -0.1) is 0 Å². The molecule has 2 heterocycles. The lowest BCUT2D eigenvalue weighted by Crippen LogP contribution is -2.40. The smallest absolute Gasteiger partial charge is 0.254 e. The number of sulfonamides is 1. The molecule has 0 saturated carbocycles. The predicted molar refractivity (Wildman–Crippen MR) is 107 cm³/mol. The fraction of sp³-hybridized carbons (Fsp3) is 0.579. The third-order valence-electron chi connectivity index (χ3n) is 5.12. The minimum atomic E-state index is -3.39. The van der Waals surface area contributed by atoms with Gasteiger partial charge in [0.1, 0.15) is 6.54 Å². The number of ether oxygens (including phenoxy) is 1. The van der Waals surface area contributed by atoms with Crippen LogP contribution >= 0.6 is 0 Å². The Bertz CT molecular complexity index is 859. The number of rotatable bonds is 5. The highest BCUT2D eigenvalue weighted by atomic mass is 32.2. The van der Waals surface area contributed by atoms with E-state index in [9.17, 15) is 23.1 Å². The van der Waals surface area contributed by atoms with Crippen molar-refractivity contribution in [3.63, 3.8) is 0 Å². The van der Waals surface area contributed by atoms with Crippen LogP contribution in [0.5, 0.6) is 0 Å². The summed E-state index contributed by atoms with van der Waals surface area (Å²) in [6.45, 7) is 1.09. The van der Waals surface area contributed by atoms with Crippen LogP contribution in [0, 0.1) is 0 Å². The first-order valence-corrected chi connectivity index (χ1v) is 11.3. The quantitative estimate of drug-likeness (QED) is 0.706. The van der Waals surface area contributed by atoms with Crippen LogP contribution in [0.1, 0.15) is 23.2 Å².